The second-order valence-electron chi connectivity index (χ2n) is 8.87. The van der Waals surface area contributed by atoms with Crippen molar-refractivity contribution in [1.29, 1.82) is 5.26 Å². The lowest BCUT2D eigenvalue weighted by atomic mass is 9.67. The Kier molecular flexibility index (Phi) is 4.32. The number of rotatable bonds is 2. The van der Waals surface area contributed by atoms with E-state index in [1.165, 1.54) is 6.07 Å². The fourth-order valence-electron chi connectivity index (χ4n) is 5.98. The number of hydrogen-bond donors (Lipinski definition) is 1. The van der Waals surface area contributed by atoms with Crippen molar-refractivity contribution in [2.45, 2.75) is 38.9 Å². The van der Waals surface area contributed by atoms with Gasteiger partial charge >= 0.3 is 0 Å². The summed E-state index contributed by atoms with van der Waals surface area (Å²) in [5, 5.41) is 21.0. The molecule has 2 aliphatic heterocycles. The number of ketones is 1. The van der Waals surface area contributed by atoms with Gasteiger partial charge in [0.1, 0.15) is 5.76 Å². The van der Waals surface area contributed by atoms with Crippen molar-refractivity contribution in [3.05, 3.63) is 75.5 Å². The number of halogens is 2. The van der Waals surface area contributed by atoms with E-state index in [-0.39, 0.29) is 11.5 Å². The van der Waals surface area contributed by atoms with Crippen molar-refractivity contribution in [2.75, 3.05) is 0 Å². The fraction of sp³-hybridized carbons (Fsp3) is 0.360. The molecule has 31 heavy (non-hydrogen) atoms. The van der Waals surface area contributed by atoms with Crippen LogP contribution in [-0.4, -0.2) is 23.1 Å². The molecule has 6 heteroatoms. The Balaban J connectivity index is 1.62. The van der Waals surface area contributed by atoms with E-state index < -0.39 is 47.5 Å². The van der Waals surface area contributed by atoms with Gasteiger partial charge in [0.15, 0.2) is 17.4 Å². The van der Waals surface area contributed by atoms with Crippen LogP contribution in [0.25, 0.3) is 5.57 Å². The molecule has 2 aromatic carbocycles. The third kappa shape index (κ3) is 2.63. The lowest BCUT2D eigenvalue weighted by Crippen LogP contribution is -2.39. The zero-order valence-corrected chi connectivity index (χ0v) is 17.3. The number of aryl methyl sites for hydroxylation is 3. The molecule has 1 aliphatic carbocycles. The highest BCUT2D eigenvalue weighted by atomic mass is 19.2. The van der Waals surface area contributed by atoms with Gasteiger partial charge in [-0.1, -0.05) is 23.8 Å². The van der Waals surface area contributed by atoms with Crippen LogP contribution in [-0.2, 0) is 9.53 Å². The summed E-state index contributed by atoms with van der Waals surface area (Å²) in [6.07, 6.45) is -1.35. The molecule has 2 unspecified atom stereocenters. The van der Waals surface area contributed by atoms with E-state index in [4.69, 9.17) is 4.74 Å². The van der Waals surface area contributed by atoms with Gasteiger partial charge in [-0.05, 0) is 55.2 Å². The van der Waals surface area contributed by atoms with Crippen molar-refractivity contribution in [1.82, 2.24) is 0 Å². The molecule has 3 aliphatic rings. The minimum absolute atomic E-state index is 0.0264. The predicted molar refractivity (Wildman–Crippen MR) is 109 cm³/mol. The van der Waals surface area contributed by atoms with Crippen molar-refractivity contribution in [2.24, 2.45) is 17.8 Å². The second-order valence-corrected chi connectivity index (χ2v) is 8.87. The topological polar surface area (TPSA) is 70.3 Å². The summed E-state index contributed by atoms with van der Waals surface area (Å²) in [4.78, 5) is 13.5. The summed E-state index contributed by atoms with van der Waals surface area (Å²) >= 11 is 0. The van der Waals surface area contributed by atoms with Gasteiger partial charge in [0, 0.05) is 5.92 Å². The van der Waals surface area contributed by atoms with Gasteiger partial charge in [0.05, 0.1) is 41.6 Å². The number of Topliss-reactive ketones (excluding diaryl/α,β-unsaturated/α-hetero) is 1. The SMILES string of the molecule is Cc1cc(C)c(C2=C(O)[C@@H]3C4O[C@@H](C(C#N)[C@H]4c4ccc(F)c(F)c4)[C@@H]3C2=O)c(C)c1. The largest absolute Gasteiger partial charge is 0.511 e. The molecule has 0 spiro atoms. The van der Waals surface area contributed by atoms with Gasteiger partial charge in [0.2, 0.25) is 0 Å². The summed E-state index contributed by atoms with van der Waals surface area (Å²) in [5.41, 5.74) is 4.32. The summed E-state index contributed by atoms with van der Waals surface area (Å²) < 4.78 is 33.4. The monoisotopic (exact) mass is 421 g/mol. The van der Waals surface area contributed by atoms with Crippen LogP contribution in [0.3, 0.4) is 0 Å². The Hall–Kier alpha value is -3.04. The Morgan fingerprint density at radius 2 is 1.65 bits per heavy atom. The van der Waals surface area contributed by atoms with Gasteiger partial charge in [-0.25, -0.2) is 8.78 Å². The van der Waals surface area contributed by atoms with E-state index >= 15 is 0 Å². The van der Waals surface area contributed by atoms with Crippen molar-refractivity contribution < 1.29 is 23.4 Å². The van der Waals surface area contributed by atoms with Gasteiger partial charge in [0.25, 0.3) is 0 Å². The molecule has 0 saturated carbocycles. The van der Waals surface area contributed by atoms with Crippen LogP contribution in [0, 0.1) is 61.5 Å². The number of nitriles is 1. The Morgan fingerprint density at radius 3 is 2.26 bits per heavy atom. The highest BCUT2D eigenvalue weighted by molar-refractivity contribution is 6.26. The first-order valence-corrected chi connectivity index (χ1v) is 10.3. The van der Waals surface area contributed by atoms with E-state index in [9.17, 15) is 23.9 Å². The number of carbonyl (C=O) groups is 1. The lowest BCUT2D eigenvalue weighted by Gasteiger charge is -2.31. The number of benzene rings is 2. The van der Waals surface area contributed by atoms with E-state index in [1.807, 2.05) is 32.9 Å². The van der Waals surface area contributed by atoms with E-state index in [1.54, 1.807) is 0 Å². The van der Waals surface area contributed by atoms with Gasteiger partial charge in [-0.3, -0.25) is 4.79 Å². The quantitative estimate of drug-likeness (QED) is 0.765. The number of carbonyl (C=O) groups excluding carboxylic acids is 1. The van der Waals surface area contributed by atoms with Crippen molar-refractivity contribution >= 4 is 11.4 Å². The van der Waals surface area contributed by atoms with Crippen LogP contribution < -0.4 is 0 Å². The van der Waals surface area contributed by atoms with Gasteiger partial charge in [-0.2, -0.15) is 5.26 Å². The normalized spacial score (nSPS) is 31.3. The number of aliphatic hydroxyl groups is 1. The number of hydrogen-bond acceptors (Lipinski definition) is 4. The maximum Gasteiger partial charge on any atom is 0.173 e. The zero-order valence-electron chi connectivity index (χ0n) is 17.3. The third-order valence-electron chi connectivity index (χ3n) is 7.03. The minimum Gasteiger partial charge on any atom is -0.511 e. The van der Waals surface area contributed by atoms with Crippen molar-refractivity contribution in [3.8, 4) is 6.07 Å². The van der Waals surface area contributed by atoms with Crippen LogP contribution in [0.2, 0.25) is 0 Å². The molecule has 1 N–H and O–H groups in total. The predicted octanol–water partition coefficient (Wildman–Crippen LogP) is 4.68. The molecule has 2 bridgehead atoms. The summed E-state index contributed by atoms with van der Waals surface area (Å²) in [5.74, 6) is -4.70. The first-order chi connectivity index (χ1) is 14.7. The maximum atomic E-state index is 13.9. The lowest BCUT2D eigenvalue weighted by molar-refractivity contribution is -0.119. The maximum absolute atomic E-state index is 13.9. The zero-order chi connectivity index (χ0) is 22.2. The van der Waals surface area contributed by atoms with Gasteiger partial charge in [-0.15, -0.1) is 0 Å². The van der Waals surface area contributed by atoms with Crippen LogP contribution >= 0.6 is 0 Å². The average Bonchev–Trinajstić information content (AvgIpc) is 3.34. The first kappa shape index (κ1) is 19.9. The number of allylic oxidation sites excluding steroid dienone is 1. The number of nitrogens with zero attached hydrogens (tertiary/aromatic N) is 1. The van der Waals surface area contributed by atoms with Gasteiger partial charge < -0.3 is 9.84 Å². The summed E-state index contributed by atoms with van der Waals surface area (Å²) in [6.45, 7) is 5.79. The molecule has 5 rings (SSSR count). The molecule has 2 fully saturated rings. The molecule has 0 aromatic heterocycles. The molecule has 2 heterocycles. The summed E-state index contributed by atoms with van der Waals surface area (Å²) in [7, 11) is 0. The Bertz CT molecular complexity index is 1190. The van der Waals surface area contributed by atoms with Crippen LogP contribution in [0.4, 0.5) is 8.78 Å². The first-order valence-electron chi connectivity index (χ1n) is 10.3. The molecule has 0 radical (unpaired) electrons. The third-order valence-corrected chi connectivity index (χ3v) is 7.03. The van der Waals surface area contributed by atoms with E-state index in [2.05, 4.69) is 6.07 Å². The average molecular weight is 421 g/mol. The Morgan fingerprint density at radius 1 is 0.968 bits per heavy atom. The van der Waals surface area contributed by atoms with Crippen molar-refractivity contribution in [3.63, 3.8) is 0 Å². The number of aliphatic hydroxyl groups excluding tert-OH is 1. The standard InChI is InChI=1S/C25H21F2NO3/c1-10-6-11(2)17(12(3)7-10)19-22(29)20-21(23(19)30)25-18(14(9-28)24(20)31-25)13-4-5-15(26)16(27)8-13/h4-8,14,18,20-21,24-25,30H,1-3H3/t14?,18-,20+,21-,24+,25?/m1/s1. The molecule has 2 aromatic rings. The molecule has 158 valence electrons. The molecule has 4 nitrogen and oxygen atoms in total. The number of ether oxygens (including phenoxy) is 1. The summed E-state index contributed by atoms with van der Waals surface area (Å²) in [6, 6.07) is 9.71. The second kappa shape index (κ2) is 6.73. The molecule has 2 saturated heterocycles. The smallest absolute Gasteiger partial charge is 0.173 e. The molecule has 0 amide bonds. The minimum atomic E-state index is -0.998. The highest BCUT2D eigenvalue weighted by Gasteiger charge is 2.66. The fourth-order valence-corrected chi connectivity index (χ4v) is 5.98. The van der Waals surface area contributed by atoms with Crippen LogP contribution in [0.15, 0.2) is 36.1 Å². The van der Waals surface area contributed by atoms with E-state index in [0.717, 1.165) is 34.4 Å². The highest BCUT2D eigenvalue weighted by Crippen LogP contribution is 2.60. The molecule has 6 atom stereocenters. The van der Waals surface area contributed by atoms with Crippen LogP contribution in [0.1, 0.15) is 33.7 Å². The Labute approximate surface area is 178 Å². The molecular weight excluding hydrogens is 400 g/mol. The molecular formula is C25H21F2NO3. The number of fused-ring (bicyclic) bond motifs is 5. The van der Waals surface area contributed by atoms with Crippen LogP contribution in [0.5, 0.6) is 0 Å². The van der Waals surface area contributed by atoms with E-state index in [0.29, 0.717) is 11.1 Å².